The number of ether oxygens (including phenoxy) is 3. The summed E-state index contributed by atoms with van der Waals surface area (Å²) in [5.41, 5.74) is 1.02. The van der Waals surface area contributed by atoms with Gasteiger partial charge in [-0.25, -0.2) is 9.97 Å². The lowest BCUT2D eigenvalue weighted by molar-refractivity contribution is -0.117. The van der Waals surface area contributed by atoms with Gasteiger partial charge in [-0.15, -0.1) is 0 Å². The van der Waals surface area contributed by atoms with Gasteiger partial charge in [0.15, 0.2) is 22.5 Å². The van der Waals surface area contributed by atoms with Crippen LogP contribution in [0.1, 0.15) is 23.0 Å². The number of aryl methyl sites for hydroxylation is 2. The molecule has 0 fully saturated rings. The Labute approximate surface area is 189 Å². The Kier molecular flexibility index (Phi) is 6.98. The highest BCUT2D eigenvalue weighted by atomic mass is 32.1. The Bertz CT molecular complexity index is 1110. The van der Waals surface area contributed by atoms with E-state index in [1.165, 1.54) is 44.8 Å². The minimum atomic E-state index is -0.817. The van der Waals surface area contributed by atoms with E-state index >= 15 is 0 Å². The first-order chi connectivity index (χ1) is 15.3. The number of methoxy groups -OCH3 is 3. The van der Waals surface area contributed by atoms with Crippen LogP contribution in [0, 0.1) is 6.92 Å². The lowest BCUT2D eigenvalue weighted by Gasteiger charge is -2.16. The van der Waals surface area contributed by atoms with Crippen molar-refractivity contribution in [2.75, 3.05) is 26.6 Å². The van der Waals surface area contributed by atoms with E-state index in [0.29, 0.717) is 22.4 Å². The molecule has 0 spiro atoms. The Balaban J connectivity index is 1.71. The fourth-order valence-electron chi connectivity index (χ4n) is 3.01. The van der Waals surface area contributed by atoms with E-state index in [0.717, 1.165) is 16.4 Å². The van der Waals surface area contributed by atoms with Crippen LogP contribution in [0.5, 0.6) is 17.2 Å². The van der Waals surface area contributed by atoms with E-state index in [-0.39, 0.29) is 5.56 Å². The van der Waals surface area contributed by atoms with Crippen LogP contribution in [-0.4, -0.2) is 53.7 Å². The smallest absolute Gasteiger partial charge is 0.252 e. The van der Waals surface area contributed by atoms with Gasteiger partial charge in [-0.2, -0.15) is 0 Å². The Morgan fingerprint density at radius 3 is 2.31 bits per heavy atom. The van der Waals surface area contributed by atoms with Gasteiger partial charge >= 0.3 is 0 Å². The summed E-state index contributed by atoms with van der Waals surface area (Å²) < 4.78 is 17.7. The van der Waals surface area contributed by atoms with Gasteiger partial charge in [0.25, 0.3) is 5.91 Å². The van der Waals surface area contributed by atoms with Crippen LogP contribution in [-0.2, 0) is 11.8 Å². The number of hydrogen-bond acceptors (Lipinski definition) is 8. The van der Waals surface area contributed by atoms with Crippen LogP contribution in [0.2, 0.25) is 0 Å². The summed E-state index contributed by atoms with van der Waals surface area (Å²) in [6.07, 6.45) is 3.54. The standard InChI is InChI=1S/C21H25N5O5S/c1-11-17(18-22-7-8-26(18)3)32-21(24-11)25-19(27)12(2)23-20(28)13-9-14(29-4)16(31-6)15(10-13)30-5/h7-10,12H,1-6H3,(H,23,28)(H,24,25,27). The average Bonchev–Trinajstić information content (AvgIpc) is 3.36. The maximum Gasteiger partial charge on any atom is 0.252 e. The first-order valence-corrected chi connectivity index (χ1v) is 10.5. The van der Waals surface area contributed by atoms with Crippen LogP contribution >= 0.6 is 11.3 Å². The number of imidazole rings is 1. The quantitative estimate of drug-likeness (QED) is 0.532. The van der Waals surface area contributed by atoms with Crippen molar-refractivity contribution < 1.29 is 23.8 Å². The molecule has 2 N–H and O–H groups in total. The summed E-state index contributed by atoms with van der Waals surface area (Å²) in [4.78, 5) is 35.0. The second kappa shape index (κ2) is 9.69. The number of nitrogens with one attached hydrogen (secondary N) is 2. The molecule has 10 nitrogen and oxygen atoms in total. The fourth-order valence-corrected chi connectivity index (χ4v) is 4.02. The molecule has 2 amide bonds. The predicted octanol–water partition coefficient (Wildman–Crippen LogP) is 2.63. The van der Waals surface area contributed by atoms with Gasteiger partial charge < -0.3 is 29.4 Å². The molecule has 32 heavy (non-hydrogen) atoms. The molecule has 0 aliphatic heterocycles. The zero-order valence-electron chi connectivity index (χ0n) is 18.7. The molecule has 0 aliphatic rings. The highest BCUT2D eigenvalue weighted by Crippen LogP contribution is 2.38. The van der Waals surface area contributed by atoms with Gasteiger partial charge in [-0.05, 0) is 26.0 Å². The van der Waals surface area contributed by atoms with Crippen LogP contribution < -0.4 is 24.8 Å². The fraction of sp³-hybridized carbons (Fsp3) is 0.333. The molecule has 0 saturated carbocycles. The highest BCUT2D eigenvalue weighted by Gasteiger charge is 2.22. The van der Waals surface area contributed by atoms with Crippen LogP contribution in [0.4, 0.5) is 5.13 Å². The number of nitrogens with zero attached hydrogens (tertiary/aromatic N) is 3. The van der Waals surface area contributed by atoms with Gasteiger partial charge in [0.2, 0.25) is 11.7 Å². The SMILES string of the molecule is COc1cc(C(=O)NC(C)C(=O)Nc2nc(C)c(-c3nccn3C)s2)cc(OC)c1OC. The number of benzene rings is 1. The summed E-state index contributed by atoms with van der Waals surface area (Å²) in [7, 11) is 6.29. The van der Waals surface area contributed by atoms with Crippen molar-refractivity contribution in [3.8, 4) is 28.0 Å². The number of aromatic nitrogens is 3. The molecule has 3 rings (SSSR count). The van der Waals surface area contributed by atoms with Gasteiger partial charge in [0.05, 0.1) is 31.9 Å². The summed E-state index contributed by atoms with van der Waals surface area (Å²) in [5.74, 6) is 0.967. The Hall–Kier alpha value is -3.60. The van der Waals surface area contributed by atoms with Gasteiger partial charge in [-0.3, -0.25) is 9.59 Å². The van der Waals surface area contributed by atoms with Crippen molar-refractivity contribution in [1.82, 2.24) is 19.9 Å². The van der Waals surface area contributed by atoms with Crippen LogP contribution in [0.15, 0.2) is 24.5 Å². The molecule has 2 heterocycles. The van der Waals surface area contributed by atoms with Crippen molar-refractivity contribution >= 4 is 28.3 Å². The average molecular weight is 460 g/mol. The normalized spacial score (nSPS) is 11.6. The number of anilines is 1. The first-order valence-electron chi connectivity index (χ1n) is 9.65. The van der Waals surface area contributed by atoms with Gasteiger partial charge in [0.1, 0.15) is 6.04 Å². The van der Waals surface area contributed by atoms with E-state index in [4.69, 9.17) is 14.2 Å². The molecular formula is C21H25N5O5S. The lowest BCUT2D eigenvalue weighted by Crippen LogP contribution is -2.41. The van der Waals surface area contributed by atoms with E-state index in [1.807, 2.05) is 24.7 Å². The zero-order valence-corrected chi connectivity index (χ0v) is 19.5. The zero-order chi connectivity index (χ0) is 23.4. The molecule has 0 radical (unpaired) electrons. The molecule has 0 bridgehead atoms. The summed E-state index contributed by atoms with van der Waals surface area (Å²) in [6, 6.07) is 2.22. The lowest BCUT2D eigenvalue weighted by atomic mass is 10.1. The summed E-state index contributed by atoms with van der Waals surface area (Å²) in [6.45, 7) is 3.44. The largest absolute Gasteiger partial charge is 0.493 e. The highest BCUT2D eigenvalue weighted by molar-refractivity contribution is 7.19. The number of thiazole rings is 1. The third-order valence-electron chi connectivity index (χ3n) is 4.72. The molecule has 2 aromatic heterocycles. The maximum atomic E-state index is 12.7. The predicted molar refractivity (Wildman–Crippen MR) is 121 cm³/mol. The maximum absolute atomic E-state index is 12.7. The topological polar surface area (TPSA) is 117 Å². The van der Waals surface area contributed by atoms with Crippen molar-refractivity contribution in [3.05, 3.63) is 35.8 Å². The van der Waals surface area contributed by atoms with Crippen molar-refractivity contribution in [2.24, 2.45) is 7.05 Å². The van der Waals surface area contributed by atoms with Crippen molar-refractivity contribution in [2.45, 2.75) is 19.9 Å². The first kappa shape index (κ1) is 23.1. The Morgan fingerprint density at radius 2 is 1.78 bits per heavy atom. The number of carbonyl (C=O) groups excluding carboxylic acids is 2. The third kappa shape index (κ3) is 4.67. The molecule has 0 saturated heterocycles. The Morgan fingerprint density at radius 1 is 1.12 bits per heavy atom. The molecule has 1 atom stereocenters. The van der Waals surface area contributed by atoms with Crippen LogP contribution in [0.3, 0.4) is 0 Å². The second-order valence-corrected chi connectivity index (χ2v) is 7.89. The van der Waals surface area contributed by atoms with Crippen LogP contribution in [0.25, 0.3) is 10.7 Å². The molecule has 170 valence electrons. The molecule has 1 unspecified atom stereocenters. The van der Waals surface area contributed by atoms with E-state index in [9.17, 15) is 9.59 Å². The third-order valence-corrected chi connectivity index (χ3v) is 5.79. The number of rotatable bonds is 8. The van der Waals surface area contributed by atoms with Gasteiger partial charge in [-0.1, -0.05) is 11.3 Å². The number of hydrogen-bond donors (Lipinski definition) is 2. The molecule has 1 aromatic carbocycles. The number of carbonyl (C=O) groups is 2. The minimum absolute atomic E-state index is 0.265. The monoisotopic (exact) mass is 459 g/mol. The van der Waals surface area contributed by atoms with Crippen molar-refractivity contribution in [1.29, 1.82) is 0 Å². The summed E-state index contributed by atoms with van der Waals surface area (Å²) >= 11 is 1.32. The molecular weight excluding hydrogens is 434 g/mol. The van der Waals surface area contributed by atoms with E-state index in [1.54, 1.807) is 13.1 Å². The number of amides is 2. The molecule has 3 aromatic rings. The summed E-state index contributed by atoms with van der Waals surface area (Å²) in [5, 5.41) is 5.85. The van der Waals surface area contributed by atoms with E-state index in [2.05, 4.69) is 20.6 Å². The van der Waals surface area contributed by atoms with Gasteiger partial charge in [0, 0.05) is 25.0 Å². The second-order valence-electron chi connectivity index (χ2n) is 6.89. The molecule has 11 heteroatoms. The van der Waals surface area contributed by atoms with Crippen molar-refractivity contribution in [3.63, 3.8) is 0 Å². The van der Waals surface area contributed by atoms with E-state index < -0.39 is 17.9 Å². The minimum Gasteiger partial charge on any atom is -0.493 e. The molecule has 0 aliphatic carbocycles.